The minimum Gasteiger partial charge on any atom is -0.475 e. The fraction of sp³-hybridized carbons (Fsp3) is 0.222. The predicted molar refractivity (Wildman–Crippen MR) is 51.1 cm³/mol. The van der Waals surface area contributed by atoms with Crippen LogP contribution in [-0.2, 0) is 0 Å². The minimum atomic E-state index is -1.29. The van der Waals surface area contributed by atoms with Gasteiger partial charge in [0.25, 0.3) is 5.56 Å². The number of carbonyl (C=O) groups is 1. The van der Waals surface area contributed by atoms with Gasteiger partial charge in [0.1, 0.15) is 11.1 Å². The van der Waals surface area contributed by atoms with Gasteiger partial charge in [-0.15, -0.1) is 0 Å². The number of aromatic nitrogens is 2. The molecular weight excluding hydrogens is 200 g/mol. The van der Waals surface area contributed by atoms with Gasteiger partial charge in [-0.3, -0.25) is 4.79 Å². The number of fused-ring (bicyclic) bond motifs is 1. The van der Waals surface area contributed by atoms with Crippen LogP contribution in [0.3, 0.4) is 0 Å². The van der Waals surface area contributed by atoms with Gasteiger partial charge in [0.15, 0.2) is 0 Å². The number of aromatic carboxylic acids is 1. The van der Waals surface area contributed by atoms with Crippen LogP contribution in [0.1, 0.15) is 21.9 Å². The van der Waals surface area contributed by atoms with Crippen molar-refractivity contribution >= 4 is 17.1 Å². The molecule has 0 saturated heterocycles. The summed E-state index contributed by atoms with van der Waals surface area (Å²) >= 11 is 0. The van der Waals surface area contributed by atoms with E-state index in [1.807, 2.05) is 0 Å². The summed E-state index contributed by atoms with van der Waals surface area (Å²) in [6.07, 6.45) is 0. The fourth-order valence-corrected chi connectivity index (χ4v) is 1.36. The maximum Gasteiger partial charge on any atom is 0.372 e. The number of H-pyrrole nitrogens is 1. The predicted octanol–water partition coefficient (Wildman–Crippen LogP) is 0.831. The Hall–Kier alpha value is -2.11. The number of hydrogen-bond acceptors (Lipinski definition) is 4. The summed E-state index contributed by atoms with van der Waals surface area (Å²) in [5.74, 6) is -1.15. The molecule has 78 valence electrons. The van der Waals surface area contributed by atoms with Crippen LogP contribution < -0.4 is 5.56 Å². The van der Waals surface area contributed by atoms with Crippen LogP contribution in [0.5, 0.6) is 0 Å². The molecule has 0 aliphatic carbocycles. The average Bonchev–Trinajstić information content (AvgIpc) is 2.42. The van der Waals surface area contributed by atoms with Gasteiger partial charge in [-0.25, -0.2) is 4.79 Å². The number of hydrogen-bond donors (Lipinski definition) is 2. The maximum absolute atomic E-state index is 11.5. The second kappa shape index (κ2) is 2.94. The second-order valence-corrected chi connectivity index (χ2v) is 3.18. The van der Waals surface area contributed by atoms with Gasteiger partial charge >= 0.3 is 5.97 Å². The summed E-state index contributed by atoms with van der Waals surface area (Å²) in [5, 5.41) is 8.97. The van der Waals surface area contributed by atoms with Crippen LogP contribution in [0.2, 0.25) is 0 Å². The molecule has 0 radical (unpaired) electrons. The Balaban J connectivity index is 2.90. The van der Waals surface area contributed by atoms with Crippen molar-refractivity contribution in [2.45, 2.75) is 13.8 Å². The highest BCUT2D eigenvalue weighted by atomic mass is 16.4. The number of carboxylic acid groups (broad SMARTS) is 1. The molecule has 0 spiro atoms. The lowest BCUT2D eigenvalue weighted by molar-refractivity contribution is 0.0683. The molecule has 0 atom stereocenters. The third-order valence-corrected chi connectivity index (χ3v) is 2.24. The quantitative estimate of drug-likeness (QED) is 0.723. The summed E-state index contributed by atoms with van der Waals surface area (Å²) in [7, 11) is 0. The van der Waals surface area contributed by atoms with Gasteiger partial charge in [-0.05, 0) is 13.8 Å². The van der Waals surface area contributed by atoms with E-state index in [9.17, 15) is 9.59 Å². The van der Waals surface area contributed by atoms with Crippen molar-refractivity contribution < 1.29 is 14.3 Å². The molecule has 2 N–H and O–H groups in total. The molecule has 0 aliphatic heterocycles. The van der Waals surface area contributed by atoms with Crippen molar-refractivity contribution in [3.8, 4) is 0 Å². The number of aromatic amines is 1. The topological polar surface area (TPSA) is 96.2 Å². The molecule has 0 aliphatic rings. The number of nitrogens with one attached hydrogen (secondary N) is 1. The van der Waals surface area contributed by atoms with E-state index in [-0.39, 0.29) is 5.71 Å². The highest BCUT2D eigenvalue weighted by Gasteiger charge is 2.15. The van der Waals surface area contributed by atoms with Gasteiger partial charge in [0, 0.05) is 5.56 Å². The zero-order valence-corrected chi connectivity index (χ0v) is 8.12. The summed E-state index contributed by atoms with van der Waals surface area (Å²) in [5.41, 5.74) is 0.244. The Bertz CT molecular complexity index is 608. The van der Waals surface area contributed by atoms with E-state index < -0.39 is 17.4 Å². The maximum atomic E-state index is 11.5. The highest BCUT2D eigenvalue weighted by molar-refractivity contribution is 5.86. The normalized spacial score (nSPS) is 10.8. The van der Waals surface area contributed by atoms with Crippen molar-refractivity contribution in [3.63, 3.8) is 0 Å². The molecule has 2 rings (SSSR count). The van der Waals surface area contributed by atoms with Gasteiger partial charge in [-0.1, -0.05) is 0 Å². The lowest BCUT2D eigenvalue weighted by atomic mass is 10.2. The second-order valence-electron chi connectivity index (χ2n) is 3.18. The van der Waals surface area contributed by atoms with Crippen molar-refractivity contribution in [2.75, 3.05) is 0 Å². The summed E-state index contributed by atoms with van der Waals surface area (Å²) in [6.45, 7) is 3.41. The summed E-state index contributed by atoms with van der Waals surface area (Å²) in [6, 6.07) is 0. The fourth-order valence-electron chi connectivity index (χ4n) is 1.36. The molecule has 0 fully saturated rings. The number of carboxylic acids is 1. The monoisotopic (exact) mass is 208 g/mol. The molecule has 15 heavy (non-hydrogen) atoms. The molecule has 0 bridgehead atoms. The van der Waals surface area contributed by atoms with Crippen LogP contribution in [0.25, 0.3) is 11.1 Å². The number of aryl methyl sites for hydroxylation is 2. The minimum absolute atomic E-state index is 0.0613. The lowest BCUT2D eigenvalue weighted by Crippen LogP contribution is -2.15. The molecule has 0 unspecified atom stereocenters. The van der Waals surface area contributed by atoms with Crippen LogP contribution in [-0.4, -0.2) is 21.0 Å². The molecule has 0 saturated carbocycles. The van der Waals surface area contributed by atoms with Crippen molar-refractivity contribution in [1.82, 2.24) is 9.97 Å². The molecule has 6 nitrogen and oxygen atoms in total. The average molecular weight is 208 g/mol. The highest BCUT2D eigenvalue weighted by Crippen LogP contribution is 2.19. The number of furan rings is 1. The largest absolute Gasteiger partial charge is 0.475 e. The van der Waals surface area contributed by atoms with E-state index in [2.05, 4.69) is 9.97 Å². The van der Waals surface area contributed by atoms with Crippen molar-refractivity contribution in [3.05, 3.63) is 27.5 Å². The third-order valence-electron chi connectivity index (χ3n) is 2.24. The first kappa shape index (κ1) is 9.45. The van der Waals surface area contributed by atoms with Crippen LogP contribution in [0.15, 0.2) is 9.21 Å². The standard InChI is InChI=1S/C9H8N2O4/c1-3-4(2)15-8-5(3)7(12)10-6(11-8)9(13)14/h1-2H3,(H,13,14)(H,10,11,12). The van der Waals surface area contributed by atoms with E-state index in [1.54, 1.807) is 13.8 Å². The molecule has 6 heteroatoms. The molecule has 2 aromatic heterocycles. The Kier molecular flexibility index (Phi) is 1.85. The number of nitrogens with zero attached hydrogens (tertiary/aromatic N) is 1. The Morgan fingerprint density at radius 1 is 1.47 bits per heavy atom. The Morgan fingerprint density at radius 2 is 2.13 bits per heavy atom. The first-order valence-corrected chi connectivity index (χ1v) is 4.24. The number of rotatable bonds is 1. The first-order chi connectivity index (χ1) is 7.00. The SMILES string of the molecule is Cc1oc2nc(C(=O)O)[nH]c(=O)c2c1C. The summed E-state index contributed by atoms with van der Waals surface area (Å²) in [4.78, 5) is 28.0. The van der Waals surface area contributed by atoms with Crippen molar-refractivity contribution in [2.24, 2.45) is 0 Å². The zero-order chi connectivity index (χ0) is 11.2. The van der Waals surface area contributed by atoms with Crippen LogP contribution in [0.4, 0.5) is 0 Å². The summed E-state index contributed by atoms with van der Waals surface area (Å²) < 4.78 is 5.18. The van der Waals surface area contributed by atoms with E-state index >= 15 is 0 Å². The van der Waals surface area contributed by atoms with Gasteiger partial charge in [-0.2, -0.15) is 4.98 Å². The Labute approximate surface area is 83.6 Å². The van der Waals surface area contributed by atoms with Crippen LogP contribution >= 0.6 is 0 Å². The lowest BCUT2D eigenvalue weighted by Gasteiger charge is -1.92. The van der Waals surface area contributed by atoms with Gasteiger partial charge in [0.2, 0.25) is 11.5 Å². The molecule has 2 aromatic rings. The third kappa shape index (κ3) is 1.30. The van der Waals surface area contributed by atoms with Gasteiger partial charge in [0.05, 0.1) is 0 Å². The van der Waals surface area contributed by atoms with E-state index in [0.717, 1.165) is 0 Å². The van der Waals surface area contributed by atoms with Crippen molar-refractivity contribution in [1.29, 1.82) is 0 Å². The first-order valence-electron chi connectivity index (χ1n) is 4.24. The van der Waals surface area contributed by atoms with Crippen LogP contribution in [0, 0.1) is 13.8 Å². The van der Waals surface area contributed by atoms with E-state index in [0.29, 0.717) is 16.7 Å². The van der Waals surface area contributed by atoms with Gasteiger partial charge < -0.3 is 14.5 Å². The zero-order valence-electron chi connectivity index (χ0n) is 8.12. The smallest absolute Gasteiger partial charge is 0.372 e. The van der Waals surface area contributed by atoms with E-state index in [4.69, 9.17) is 9.52 Å². The molecule has 0 amide bonds. The molecule has 0 aromatic carbocycles. The Morgan fingerprint density at radius 3 is 2.73 bits per heavy atom. The van der Waals surface area contributed by atoms with E-state index in [1.165, 1.54) is 0 Å². The molecule has 2 heterocycles. The molecular formula is C9H8N2O4.